The molecule has 2 aromatic carbocycles. The van der Waals surface area contributed by atoms with Crippen LogP contribution in [0, 0.1) is 0 Å². The quantitative estimate of drug-likeness (QED) is 0.753. The van der Waals surface area contributed by atoms with E-state index in [4.69, 9.17) is 15.2 Å². The van der Waals surface area contributed by atoms with Crippen LogP contribution in [0.4, 0.5) is 5.69 Å². The third-order valence-electron chi connectivity index (χ3n) is 3.36. The molecule has 0 unspecified atom stereocenters. The predicted octanol–water partition coefficient (Wildman–Crippen LogP) is 2.96. The minimum Gasteiger partial charge on any atom is -0.493 e. The number of anilines is 1. The van der Waals surface area contributed by atoms with Crippen molar-refractivity contribution >= 4 is 24.0 Å². The molecule has 0 fully saturated rings. The molecule has 0 aromatic heterocycles. The van der Waals surface area contributed by atoms with Crippen molar-refractivity contribution in [3.63, 3.8) is 0 Å². The van der Waals surface area contributed by atoms with E-state index in [2.05, 4.69) is 5.32 Å². The number of carbonyl (C=O) groups is 1. The first-order valence-electron chi connectivity index (χ1n) is 7.53. The zero-order valence-corrected chi connectivity index (χ0v) is 14.7. The van der Waals surface area contributed by atoms with E-state index in [1.807, 2.05) is 37.3 Å². The zero-order chi connectivity index (χ0) is 16.7. The Balaban J connectivity index is 0.00000288. The minimum atomic E-state index is -0.0384. The Hall–Kier alpha value is -2.40. The summed E-state index contributed by atoms with van der Waals surface area (Å²) in [6.45, 7) is 2.92. The average molecular weight is 351 g/mol. The maximum atomic E-state index is 12.0. The fourth-order valence-electron chi connectivity index (χ4n) is 2.18. The van der Waals surface area contributed by atoms with Gasteiger partial charge >= 0.3 is 0 Å². The Morgan fingerprint density at radius 2 is 1.75 bits per heavy atom. The van der Waals surface area contributed by atoms with Gasteiger partial charge in [-0.1, -0.05) is 18.2 Å². The van der Waals surface area contributed by atoms with E-state index in [-0.39, 0.29) is 18.3 Å². The highest BCUT2D eigenvalue weighted by atomic mass is 35.5. The smallest absolute Gasteiger partial charge is 0.224 e. The van der Waals surface area contributed by atoms with Gasteiger partial charge in [-0.25, -0.2) is 0 Å². The summed E-state index contributed by atoms with van der Waals surface area (Å²) in [4.78, 5) is 12.0. The molecule has 0 spiro atoms. The van der Waals surface area contributed by atoms with Gasteiger partial charge in [0, 0.05) is 12.2 Å². The van der Waals surface area contributed by atoms with E-state index < -0.39 is 0 Å². The number of hydrogen-bond acceptors (Lipinski definition) is 4. The highest BCUT2D eigenvalue weighted by molar-refractivity contribution is 5.85. The number of benzene rings is 2. The summed E-state index contributed by atoms with van der Waals surface area (Å²) in [6.07, 6.45) is 0.328. The second-order valence-electron chi connectivity index (χ2n) is 5.11. The van der Waals surface area contributed by atoms with Crippen LogP contribution in [0.5, 0.6) is 11.5 Å². The van der Waals surface area contributed by atoms with Gasteiger partial charge in [-0.3, -0.25) is 4.79 Å². The van der Waals surface area contributed by atoms with Crippen LogP contribution in [0.25, 0.3) is 0 Å². The van der Waals surface area contributed by atoms with Gasteiger partial charge in [0.05, 0.1) is 20.1 Å². The van der Waals surface area contributed by atoms with Gasteiger partial charge in [0.2, 0.25) is 5.91 Å². The molecule has 0 atom stereocenters. The number of nitrogen functional groups attached to an aromatic ring is 1. The standard InChI is InChI=1S/C18H22N2O3.ClH/c1-3-23-17-10-14(6-9-16(17)22-2)12-20-18(21)11-13-4-7-15(19)8-5-13;/h4-10H,3,11-12,19H2,1-2H3,(H,20,21);1H. The number of nitrogens with one attached hydrogen (secondary N) is 1. The molecule has 0 bridgehead atoms. The normalized spacial score (nSPS) is 9.75. The third kappa shape index (κ3) is 5.66. The van der Waals surface area contributed by atoms with Gasteiger partial charge in [0.25, 0.3) is 0 Å². The van der Waals surface area contributed by atoms with Gasteiger partial charge in [-0.05, 0) is 42.3 Å². The van der Waals surface area contributed by atoms with Crippen molar-refractivity contribution in [1.82, 2.24) is 5.32 Å². The number of amides is 1. The maximum absolute atomic E-state index is 12.0. The summed E-state index contributed by atoms with van der Waals surface area (Å²) >= 11 is 0. The van der Waals surface area contributed by atoms with Crippen molar-refractivity contribution in [3.05, 3.63) is 53.6 Å². The lowest BCUT2D eigenvalue weighted by Crippen LogP contribution is -2.24. The summed E-state index contributed by atoms with van der Waals surface area (Å²) in [7, 11) is 1.60. The number of nitrogens with two attached hydrogens (primary N) is 1. The maximum Gasteiger partial charge on any atom is 0.224 e. The van der Waals surface area contributed by atoms with Crippen molar-refractivity contribution in [2.75, 3.05) is 19.5 Å². The fraction of sp³-hybridized carbons (Fsp3) is 0.278. The molecule has 0 aliphatic carbocycles. The molecule has 0 heterocycles. The number of methoxy groups -OCH3 is 1. The van der Waals surface area contributed by atoms with E-state index in [0.717, 1.165) is 11.1 Å². The molecule has 0 aliphatic heterocycles. The molecule has 1 amide bonds. The van der Waals surface area contributed by atoms with Gasteiger partial charge in [0.1, 0.15) is 0 Å². The van der Waals surface area contributed by atoms with Gasteiger partial charge in [-0.15, -0.1) is 12.4 Å². The van der Waals surface area contributed by atoms with Crippen LogP contribution >= 0.6 is 12.4 Å². The fourth-order valence-corrected chi connectivity index (χ4v) is 2.18. The lowest BCUT2D eigenvalue weighted by molar-refractivity contribution is -0.120. The van der Waals surface area contributed by atoms with E-state index in [0.29, 0.717) is 36.8 Å². The van der Waals surface area contributed by atoms with Crippen LogP contribution in [0.1, 0.15) is 18.1 Å². The van der Waals surface area contributed by atoms with Crippen molar-refractivity contribution in [2.24, 2.45) is 0 Å². The van der Waals surface area contributed by atoms with Crippen LogP contribution < -0.4 is 20.5 Å². The largest absolute Gasteiger partial charge is 0.493 e. The number of hydrogen-bond donors (Lipinski definition) is 2. The van der Waals surface area contributed by atoms with Crippen molar-refractivity contribution in [1.29, 1.82) is 0 Å². The molecule has 5 nitrogen and oxygen atoms in total. The first-order valence-corrected chi connectivity index (χ1v) is 7.53. The summed E-state index contributed by atoms with van der Waals surface area (Å²) in [5.74, 6) is 1.33. The highest BCUT2D eigenvalue weighted by Crippen LogP contribution is 2.27. The Morgan fingerprint density at radius 3 is 2.38 bits per heavy atom. The number of halogens is 1. The predicted molar refractivity (Wildman–Crippen MR) is 97.8 cm³/mol. The molecular weight excluding hydrogens is 328 g/mol. The third-order valence-corrected chi connectivity index (χ3v) is 3.36. The molecule has 2 rings (SSSR count). The second-order valence-corrected chi connectivity index (χ2v) is 5.11. The van der Waals surface area contributed by atoms with Crippen LogP contribution in [0.2, 0.25) is 0 Å². The second kappa shape index (κ2) is 9.67. The molecular formula is C18H23ClN2O3. The van der Waals surface area contributed by atoms with Crippen LogP contribution in [0.15, 0.2) is 42.5 Å². The van der Waals surface area contributed by atoms with Crippen molar-refractivity contribution < 1.29 is 14.3 Å². The SMILES string of the molecule is CCOc1cc(CNC(=O)Cc2ccc(N)cc2)ccc1OC.Cl. The van der Waals surface area contributed by atoms with E-state index in [1.165, 1.54) is 0 Å². The molecule has 3 N–H and O–H groups in total. The average Bonchev–Trinajstić information content (AvgIpc) is 2.56. The Morgan fingerprint density at radius 1 is 1.08 bits per heavy atom. The summed E-state index contributed by atoms with van der Waals surface area (Å²) in [6, 6.07) is 12.9. The van der Waals surface area contributed by atoms with E-state index in [1.54, 1.807) is 19.2 Å². The minimum absolute atomic E-state index is 0. The zero-order valence-electron chi connectivity index (χ0n) is 13.9. The van der Waals surface area contributed by atoms with Crippen LogP contribution in [0.3, 0.4) is 0 Å². The first-order chi connectivity index (χ1) is 11.1. The number of ether oxygens (including phenoxy) is 2. The van der Waals surface area contributed by atoms with Gasteiger partial charge < -0.3 is 20.5 Å². The molecule has 0 saturated carbocycles. The molecule has 2 aromatic rings. The highest BCUT2D eigenvalue weighted by Gasteiger charge is 2.07. The summed E-state index contributed by atoms with van der Waals surface area (Å²) in [5, 5.41) is 2.90. The van der Waals surface area contributed by atoms with Crippen LogP contribution in [-0.4, -0.2) is 19.6 Å². The Bertz CT molecular complexity index is 660. The first kappa shape index (κ1) is 19.6. The van der Waals surface area contributed by atoms with E-state index >= 15 is 0 Å². The number of carbonyl (C=O) groups excluding carboxylic acids is 1. The molecule has 130 valence electrons. The van der Waals surface area contributed by atoms with Crippen molar-refractivity contribution in [3.8, 4) is 11.5 Å². The lowest BCUT2D eigenvalue weighted by atomic mass is 10.1. The van der Waals surface area contributed by atoms with Gasteiger partial charge in [0.15, 0.2) is 11.5 Å². The molecule has 0 aliphatic rings. The Kier molecular flexibility index (Phi) is 7.92. The molecule has 0 radical (unpaired) electrons. The van der Waals surface area contributed by atoms with Gasteiger partial charge in [-0.2, -0.15) is 0 Å². The molecule has 0 saturated heterocycles. The summed E-state index contributed by atoms with van der Waals surface area (Å²) in [5.41, 5.74) is 8.21. The number of rotatable bonds is 7. The Labute approximate surface area is 148 Å². The van der Waals surface area contributed by atoms with Crippen LogP contribution in [-0.2, 0) is 17.8 Å². The van der Waals surface area contributed by atoms with E-state index in [9.17, 15) is 4.79 Å². The molecule has 6 heteroatoms. The topological polar surface area (TPSA) is 73.6 Å². The monoisotopic (exact) mass is 350 g/mol. The molecule has 24 heavy (non-hydrogen) atoms. The van der Waals surface area contributed by atoms with Crippen molar-refractivity contribution in [2.45, 2.75) is 19.9 Å². The summed E-state index contributed by atoms with van der Waals surface area (Å²) < 4.78 is 10.8. The lowest BCUT2D eigenvalue weighted by Gasteiger charge is -2.11.